The van der Waals surface area contributed by atoms with E-state index in [1.807, 2.05) is 18.2 Å². The summed E-state index contributed by atoms with van der Waals surface area (Å²) in [5, 5.41) is 0. The molecular weight excluding hydrogens is 192 g/mol. The molecule has 0 heterocycles. The average Bonchev–Trinajstić information content (AvgIpc) is 2.39. The lowest BCUT2D eigenvalue weighted by atomic mass is 9.92. The number of benzene rings is 2. The Morgan fingerprint density at radius 2 is 1.62 bits per heavy atom. The highest BCUT2D eigenvalue weighted by atomic mass is 14.1. The molecule has 0 saturated heterocycles. The van der Waals surface area contributed by atoms with Gasteiger partial charge in [0.1, 0.15) is 0 Å². The molecule has 1 unspecified atom stereocenters. The summed E-state index contributed by atoms with van der Waals surface area (Å²) < 4.78 is 0. The van der Waals surface area contributed by atoms with Gasteiger partial charge in [0.2, 0.25) is 0 Å². The topological polar surface area (TPSA) is 0 Å². The summed E-state index contributed by atoms with van der Waals surface area (Å²) >= 11 is 0. The van der Waals surface area contributed by atoms with Crippen molar-refractivity contribution in [2.24, 2.45) is 0 Å². The van der Waals surface area contributed by atoms with Crippen LogP contribution < -0.4 is 0 Å². The van der Waals surface area contributed by atoms with Gasteiger partial charge in [-0.05, 0) is 23.3 Å². The highest BCUT2D eigenvalue weighted by molar-refractivity contribution is 5.39. The minimum atomic E-state index is 0.384. The zero-order chi connectivity index (χ0) is 11.4. The van der Waals surface area contributed by atoms with Crippen molar-refractivity contribution in [1.82, 2.24) is 0 Å². The molecule has 0 aliphatic rings. The highest BCUT2D eigenvalue weighted by Gasteiger charge is 2.07. The molecule has 0 nitrogen and oxygen atoms in total. The van der Waals surface area contributed by atoms with Crippen LogP contribution in [0.25, 0.3) is 0 Å². The van der Waals surface area contributed by atoms with Crippen molar-refractivity contribution >= 4 is 0 Å². The lowest BCUT2D eigenvalue weighted by Crippen LogP contribution is -1.95. The lowest BCUT2D eigenvalue weighted by molar-refractivity contribution is 0.922. The predicted molar refractivity (Wildman–Crippen MR) is 68.3 cm³/mol. The molecule has 0 saturated carbocycles. The molecule has 0 aliphatic heterocycles. The number of terminal acetylenes is 1. The summed E-state index contributed by atoms with van der Waals surface area (Å²) in [6, 6.07) is 18.6. The smallest absolute Gasteiger partial charge is 0.0245 e. The van der Waals surface area contributed by atoms with Crippen LogP contribution in [0.4, 0.5) is 0 Å². The maximum absolute atomic E-state index is 5.41. The molecule has 16 heavy (non-hydrogen) atoms. The Kier molecular flexibility index (Phi) is 3.08. The quantitative estimate of drug-likeness (QED) is 0.655. The van der Waals surface area contributed by atoms with Crippen LogP contribution in [0.2, 0.25) is 0 Å². The van der Waals surface area contributed by atoms with Crippen molar-refractivity contribution in [3.05, 3.63) is 71.3 Å². The SMILES string of the molecule is C#Cc1cccc(C(C)c2ccccc2)c1. The van der Waals surface area contributed by atoms with Crippen molar-refractivity contribution in [3.63, 3.8) is 0 Å². The summed E-state index contributed by atoms with van der Waals surface area (Å²) in [6.07, 6.45) is 5.41. The monoisotopic (exact) mass is 206 g/mol. The molecule has 0 spiro atoms. The van der Waals surface area contributed by atoms with Gasteiger partial charge in [-0.1, -0.05) is 55.3 Å². The van der Waals surface area contributed by atoms with Crippen molar-refractivity contribution in [3.8, 4) is 12.3 Å². The Morgan fingerprint density at radius 1 is 0.938 bits per heavy atom. The van der Waals surface area contributed by atoms with Crippen LogP contribution in [0.3, 0.4) is 0 Å². The Hall–Kier alpha value is -2.00. The van der Waals surface area contributed by atoms with Gasteiger partial charge in [-0.15, -0.1) is 6.42 Å². The molecular formula is C16H14. The fraction of sp³-hybridized carbons (Fsp3) is 0.125. The lowest BCUT2D eigenvalue weighted by Gasteiger charge is -2.12. The predicted octanol–water partition coefficient (Wildman–Crippen LogP) is 3.82. The standard InChI is InChI=1S/C16H14/c1-3-14-8-7-11-16(12-14)13(2)15-9-5-4-6-10-15/h1,4-13H,2H3. The summed E-state index contributed by atoms with van der Waals surface area (Å²) in [7, 11) is 0. The second-order valence-corrected chi connectivity index (χ2v) is 3.90. The van der Waals surface area contributed by atoms with E-state index in [-0.39, 0.29) is 0 Å². The maximum Gasteiger partial charge on any atom is 0.0245 e. The molecule has 78 valence electrons. The first-order valence-corrected chi connectivity index (χ1v) is 5.43. The third-order valence-electron chi connectivity index (χ3n) is 2.85. The van der Waals surface area contributed by atoms with Gasteiger partial charge in [0.25, 0.3) is 0 Å². The zero-order valence-electron chi connectivity index (χ0n) is 9.35. The van der Waals surface area contributed by atoms with Crippen LogP contribution >= 0.6 is 0 Å². The average molecular weight is 206 g/mol. The molecule has 2 rings (SSSR count). The van der Waals surface area contributed by atoms with E-state index < -0.39 is 0 Å². The molecule has 0 heteroatoms. The summed E-state index contributed by atoms with van der Waals surface area (Å²) in [6.45, 7) is 2.20. The van der Waals surface area contributed by atoms with Gasteiger partial charge >= 0.3 is 0 Å². The van der Waals surface area contributed by atoms with Gasteiger partial charge in [-0.2, -0.15) is 0 Å². The minimum absolute atomic E-state index is 0.384. The first-order chi connectivity index (χ1) is 7.81. The Morgan fingerprint density at radius 3 is 2.31 bits per heavy atom. The molecule has 0 bridgehead atoms. The van der Waals surface area contributed by atoms with Gasteiger partial charge in [-0.3, -0.25) is 0 Å². The normalized spacial score (nSPS) is 11.8. The third-order valence-corrected chi connectivity index (χ3v) is 2.85. The van der Waals surface area contributed by atoms with E-state index in [2.05, 4.69) is 49.2 Å². The Balaban J connectivity index is 2.35. The minimum Gasteiger partial charge on any atom is -0.115 e. The van der Waals surface area contributed by atoms with Gasteiger partial charge in [0.05, 0.1) is 0 Å². The summed E-state index contributed by atoms with van der Waals surface area (Å²) in [5.74, 6) is 3.06. The van der Waals surface area contributed by atoms with E-state index in [1.165, 1.54) is 11.1 Å². The third kappa shape index (κ3) is 2.15. The Bertz CT molecular complexity index is 503. The molecule has 0 fully saturated rings. The Labute approximate surface area is 96.9 Å². The first-order valence-electron chi connectivity index (χ1n) is 5.43. The van der Waals surface area contributed by atoms with E-state index in [1.54, 1.807) is 0 Å². The van der Waals surface area contributed by atoms with Gasteiger partial charge in [0, 0.05) is 11.5 Å². The molecule has 0 amide bonds. The van der Waals surface area contributed by atoms with Crippen molar-refractivity contribution in [2.75, 3.05) is 0 Å². The molecule has 1 atom stereocenters. The molecule has 2 aromatic carbocycles. The van der Waals surface area contributed by atoms with Gasteiger partial charge in [-0.25, -0.2) is 0 Å². The maximum atomic E-state index is 5.41. The first kappa shape index (κ1) is 10.5. The largest absolute Gasteiger partial charge is 0.115 e. The van der Waals surface area contributed by atoms with Gasteiger partial charge in [0.15, 0.2) is 0 Å². The van der Waals surface area contributed by atoms with Gasteiger partial charge < -0.3 is 0 Å². The van der Waals surface area contributed by atoms with Crippen LogP contribution in [-0.2, 0) is 0 Å². The van der Waals surface area contributed by atoms with Crippen LogP contribution in [-0.4, -0.2) is 0 Å². The molecule has 2 aromatic rings. The van der Waals surface area contributed by atoms with Crippen molar-refractivity contribution in [1.29, 1.82) is 0 Å². The second-order valence-electron chi connectivity index (χ2n) is 3.90. The second kappa shape index (κ2) is 4.68. The fourth-order valence-corrected chi connectivity index (χ4v) is 1.83. The zero-order valence-corrected chi connectivity index (χ0v) is 9.35. The van der Waals surface area contributed by atoms with E-state index in [4.69, 9.17) is 6.42 Å². The van der Waals surface area contributed by atoms with Crippen LogP contribution in [0.1, 0.15) is 29.5 Å². The molecule has 0 aliphatic carbocycles. The summed E-state index contributed by atoms with van der Waals surface area (Å²) in [4.78, 5) is 0. The number of hydrogen-bond donors (Lipinski definition) is 0. The van der Waals surface area contributed by atoms with Crippen molar-refractivity contribution in [2.45, 2.75) is 12.8 Å². The fourth-order valence-electron chi connectivity index (χ4n) is 1.83. The number of rotatable bonds is 2. The van der Waals surface area contributed by atoms with Crippen LogP contribution in [0.5, 0.6) is 0 Å². The van der Waals surface area contributed by atoms with Crippen molar-refractivity contribution < 1.29 is 0 Å². The molecule has 0 N–H and O–H groups in total. The van der Waals surface area contributed by atoms with E-state index in [0.29, 0.717) is 5.92 Å². The van der Waals surface area contributed by atoms with E-state index in [0.717, 1.165) is 5.56 Å². The number of hydrogen-bond acceptors (Lipinski definition) is 0. The summed E-state index contributed by atoms with van der Waals surface area (Å²) in [5.41, 5.74) is 3.53. The molecule has 0 radical (unpaired) electrons. The molecule has 0 aromatic heterocycles. The highest BCUT2D eigenvalue weighted by Crippen LogP contribution is 2.24. The van der Waals surface area contributed by atoms with E-state index >= 15 is 0 Å². The van der Waals surface area contributed by atoms with Crippen LogP contribution in [0.15, 0.2) is 54.6 Å². The van der Waals surface area contributed by atoms with E-state index in [9.17, 15) is 0 Å². The van der Waals surface area contributed by atoms with Crippen LogP contribution in [0, 0.1) is 12.3 Å².